The van der Waals surface area contributed by atoms with Gasteiger partial charge in [0.2, 0.25) is 0 Å². The van der Waals surface area contributed by atoms with Crippen LogP contribution >= 0.6 is 0 Å². The van der Waals surface area contributed by atoms with Crippen LogP contribution < -0.4 is 10.1 Å². The second-order valence-corrected chi connectivity index (χ2v) is 6.76. The molecule has 0 aromatic heterocycles. The van der Waals surface area contributed by atoms with Crippen molar-refractivity contribution >= 4 is 17.5 Å². The lowest BCUT2D eigenvalue weighted by Gasteiger charge is -2.18. The van der Waals surface area contributed by atoms with Crippen LogP contribution in [0.5, 0.6) is 5.75 Å². The molecule has 6 nitrogen and oxygen atoms in total. The summed E-state index contributed by atoms with van der Waals surface area (Å²) in [6.07, 6.45) is 0. The van der Waals surface area contributed by atoms with Gasteiger partial charge >= 0.3 is 0 Å². The molecule has 0 saturated heterocycles. The topological polar surface area (TPSA) is 66.3 Å². The van der Waals surface area contributed by atoms with Crippen LogP contribution in [0.2, 0.25) is 0 Å². The number of rotatable bonds is 9. The van der Waals surface area contributed by atoms with Gasteiger partial charge in [-0.25, -0.2) is 4.99 Å². The summed E-state index contributed by atoms with van der Waals surface area (Å²) in [5, 5.41) is 2.97. The number of hydrogen-bond donors (Lipinski definition) is 1. The van der Waals surface area contributed by atoms with Crippen molar-refractivity contribution in [1.82, 2.24) is 10.2 Å². The zero-order valence-electron chi connectivity index (χ0n) is 17.3. The van der Waals surface area contributed by atoms with E-state index in [4.69, 9.17) is 4.74 Å². The highest BCUT2D eigenvalue weighted by Gasteiger charge is 2.18. The lowest BCUT2D eigenvalue weighted by Crippen LogP contribution is -2.34. The summed E-state index contributed by atoms with van der Waals surface area (Å²) >= 11 is 0. The number of likely N-dealkylation sites (N-methyl/N-ethyl adjacent to an activating group) is 1. The van der Waals surface area contributed by atoms with E-state index in [1.54, 1.807) is 13.2 Å². The number of nitrogens with one attached hydrogen (secondary N) is 1. The second-order valence-electron chi connectivity index (χ2n) is 6.76. The Labute approximate surface area is 172 Å². The number of carbonyl (C=O) groups is 1. The van der Waals surface area contributed by atoms with Crippen LogP contribution in [0, 0.1) is 0 Å². The summed E-state index contributed by atoms with van der Waals surface area (Å²) in [4.78, 5) is 24.1. The zero-order valence-corrected chi connectivity index (χ0v) is 17.3. The maximum atomic E-state index is 12.6. The summed E-state index contributed by atoms with van der Waals surface area (Å²) in [5.41, 5.74) is 3.37. The molecule has 2 aromatic rings. The minimum atomic E-state index is -0.137. The van der Waals surface area contributed by atoms with Gasteiger partial charge in [0.15, 0.2) is 5.84 Å². The van der Waals surface area contributed by atoms with Crippen molar-refractivity contribution in [1.29, 1.82) is 0 Å². The van der Waals surface area contributed by atoms with E-state index >= 15 is 0 Å². The highest BCUT2D eigenvalue weighted by molar-refractivity contribution is 6.17. The number of benzene rings is 2. The van der Waals surface area contributed by atoms with Gasteiger partial charge in [-0.15, -0.1) is 0 Å². The SMILES string of the molecule is CCN(CC)CCNC(=O)c1ccc(C2=NCC(c3ccccc3)=N2)cc1OC. The van der Waals surface area contributed by atoms with Crippen molar-refractivity contribution in [2.45, 2.75) is 13.8 Å². The Morgan fingerprint density at radius 2 is 1.86 bits per heavy atom. The van der Waals surface area contributed by atoms with E-state index in [2.05, 4.69) is 34.0 Å². The van der Waals surface area contributed by atoms with Crippen molar-refractivity contribution in [2.75, 3.05) is 39.8 Å². The number of aliphatic imine (C=N–C) groups is 2. The van der Waals surface area contributed by atoms with Crippen LogP contribution in [-0.2, 0) is 0 Å². The van der Waals surface area contributed by atoms with Gasteiger partial charge in [-0.2, -0.15) is 0 Å². The van der Waals surface area contributed by atoms with E-state index in [-0.39, 0.29) is 5.91 Å². The smallest absolute Gasteiger partial charge is 0.255 e. The van der Waals surface area contributed by atoms with Gasteiger partial charge in [0.25, 0.3) is 5.91 Å². The Hall–Kier alpha value is -2.99. The monoisotopic (exact) mass is 392 g/mol. The maximum absolute atomic E-state index is 12.6. The molecule has 0 atom stereocenters. The number of ether oxygens (including phenoxy) is 1. The second kappa shape index (κ2) is 9.98. The fourth-order valence-electron chi connectivity index (χ4n) is 3.27. The van der Waals surface area contributed by atoms with Crippen LogP contribution in [0.1, 0.15) is 35.3 Å². The molecule has 3 rings (SSSR count). The summed E-state index contributed by atoms with van der Waals surface area (Å²) in [5.74, 6) is 1.05. The first kappa shape index (κ1) is 20.7. The van der Waals surface area contributed by atoms with Gasteiger partial charge in [0, 0.05) is 18.7 Å². The first-order valence-electron chi connectivity index (χ1n) is 10.0. The Kier molecular flexibility index (Phi) is 7.14. The molecule has 0 aliphatic carbocycles. The van der Waals surface area contributed by atoms with Crippen LogP contribution in [0.15, 0.2) is 58.5 Å². The number of amides is 1. The van der Waals surface area contributed by atoms with Crippen molar-refractivity contribution in [3.8, 4) is 5.75 Å². The quantitative estimate of drug-likeness (QED) is 0.713. The van der Waals surface area contributed by atoms with Crippen molar-refractivity contribution < 1.29 is 9.53 Å². The van der Waals surface area contributed by atoms with E-state index in [1.807, 2.05) is 42.5 Å². The molecule has 1 N–H and O–H groups in total. The minimum Gasteiger partial charge on any atom is -0.496 e. The molecule has 0 radical (unpaired) electrons. The highest BCUT2D eigenvalue weighted by atomic mass is 16.5. The average molecular weight is 393 g/mol. The predicted molar refractivity (Wildman–Crippen MR) is 117 cm³/mol. The average Bonchev–Trinajstić information content (AvgIpc) is 3.27. The molecule has 152 valence electrons. The van der Waals surface area contributed by atoms with Gasteiger partial charge < -0.3 is 15.0 Å². The molecule has 1 aliphatic rings. The summed E-state index contributed by atoms with van der Waals surface area (Å²) in [6, 6.07) is 15.5. The molecule has 0 spiro atoms. The molecule has 1 heterocycles. The van der Waals surface area contributed by atoms with E-state index in [1.165, 1.54) is 0 Å². The number of carbonyl (C=O) groups excluding carboxylic acids is 1. The molecule has 0 unspecified atom stereocenters. The van der Waals surface area contributed by atoms with E-state index in [0.29, 0.717) is 30.2 Å². The van der Waals surface area contributed by atoms with Gasteiger partial charge in [0.1, 0.15) is 5.75 Å². The van der Waals surface area contributed by atoms with Crippen molar-refractivity contribution in [2.24, 2.45) is 9.98 Å². The first-order chi connectivity index (χ1) is 14.2. The lowest BCUT2D eigenvalue weighted by molar-refractivity contribution is 0.0946. The molecule has 2 aromatic carbocycles. The Balaban J connectivity index is 1.71. The van der Waals surface area contributed by atoms with Gasteiger partial charge in [0.05, 0.1) is 24.9 Å². The molecule has 6 heteroatoms. The van der Waals surface area contributed by atoms with E-state index in [0.717, 1.165) is 36.5 Å². The summed E-state index contributed by atoms with van der Waals surface area (Å²) < 4.78 is 5.47. The maximum Gasteiger partial charge on any atom is 0.255 e. The third-order valence-corrected chi connectivity index (χ3v) is 5.04. The lowest BCUT2D eigenvalue weighted by atomic mass is 10.1. The fourth-order valence-corrected chi connectivity index (χ4v) is 3.27. The molecule has 1 amide bonds. The van der Waals surface area contributed by atoms with Crippen LogP contribution in [0.4, 0.5) is 0 Å². The molecule has 0 fully saturated rings. The largest absolute Gasteiger partial charge is 0.496 e. The van der Waals surface area contributed by atoms with Gasteiger partial charge in [-0.05, 0) is 30.8 Å². The Morgan fingerprint density at radius 1 is 1.10 bits per heavy atom. The van der Waals surface area contributed by atoms with Crippen LogP contribution in [0.25, 0.3) is 0 Å². The van der Waals surface area contributed by atoms with Crippen LogP contribution in [-0.4, -0.2) is 62.2 Å². The predicted octanol–water partition coefficient (Wildman–Crippen LogP) is 3.02. The molecule has 0 saturated carbocycles. The molecular weight excluding hydrogens is 364 g/mol. The first-order valence-corrected chi connectivity index (χ1v) is 10.0. The minimum absolute atomic E-state index is 0.137. The van der Waals surface area contributed by atoms with E-state index < -0.39 is 0 Å². The molecule has 1 aliphatic heterocycles. The number of nitrogens with zero attached hydrogens (tertiary/aromatic N) is 3. The Bertz CT molecular complexity index is 902. The normalized spacial score (nSPS) is 13.2. The molecule has 29 heavy (non-hydrogen) atoms. The fraction of sp³-hybridized carbons (Fsp3) is 0.348. The standard InChI is InChI=1S/C23H28N4O2/c1-4-27(5-2)14-13-24-23(28)19-12-11-18(15-21(19)29-3)22-25-16-20(26-22)17-9-7-6-8-10-17/h6-12,15H,4-5,13-14,16H2,1-3H3,(H,24,28). The third kappa shape index (κ3) is 5.09. The molecular formula is C23H28N4O2. The van der Waals surface area contributed by atoms with Gasteiger partial charge in [-0.3, -0.25) is 9.79 Å². The summed E-state index contributed by atoms with van der Waals surface area (Å²) in [7, 11) is 1.57. The van der Waals surface area contributed by atoms with Crippen LogP contribution in [0.3, 0.4) is 0 Å². The zero-order chi connectivity index (χ0) is 20.6. The van der Waals surface area contributed by atoms with Gasteiger partial charge in [-0.1, -0.05) is 50.2 Å². The third-order valence-electron chi connectivity index (χ3n) is 5.04. The highest BCUT2D eigenvalue weighted by Crippen LogP contribution is 2.22. The summed E-state index contributed by atoms with van der Waals surface area (Å²) in [6.45, 7) is 8.15. The molecule has 0 bridgehead atoms. The van der Waals surface area contributed by atoms with Crippen molar-refractivity contribution in [3.63, 3.8) is 0 Å². The van der Waals surface area contributed by atoms with Crippen molar-refractivity contribution in [3.05, 3.63) is 65.2 Å². The number of amidine groups is 1. The Morgan fingerprint density at radius 3 is 2.55 bits per heavy atom. The number of methoxy groups -OCH3 is 1. The number of hydrogen-bond acceptors (Lipinski definition) is 5. The van der Waals surface area contributed by atoms with E-state index in [9.17, 15) is 4.79 Å².